The molecule has 2 aromatic rings. The second kappa shape index (κ2) is 5.83. The van der Waals surface area contributed by atoms with Crippen LogP contribution < -0.4 is 4.74 Å². The van der Waals surface area contributed by atoms with Crippen molar-refractivity contribution >= 4 is 11.6 Å². The van der Waals surface area contributed by atoms with E-state index in [0.717, 1.165) is 35.7 Å². The van der Waals surface area contributed by atoms with Gasteiger partial charge in [0.2, 0.25) is 0 Å². The molecule has 1 aromatic carbocycles. The summed E-state index contributed by atoms with van der Waals surface area (Å²) in [6.07, 6.45) is 4.86. The molecule has 0 amide bonds. The normalized spacial score (nSPS) is 12.7. The van der Waals surface area contributed by atoms with Crippen LogP contribution in [-0.4, -0.2) is 15.0 Å². The number of rotatable bonds is 5. The third kappa shape index (κ3) is 2.40. The van der Waals surface area contributed by atoms with Gasteiger partial charge in [0.25, 0.3) is 0 Å². The van der Waals surface area contributed by atoms with Crippen molar-refractivity contribution in [1.29, 1.82) is 0 Å². The largest absolute Gasteiger partial charge is 0.485 e. The molecule has 0 saturated heterocycles. The fraction of sp³-hybridized carbons (Fsp3) is 0.467. The Kier molecular flexibility index (Phi) is 3.92. The maximum absolute atomic E-state index is 6.20. The van der Waals surface area contributed by atoms with Crippen LogP contribution in [0.3, 0.4) is 0 Å². The maximum atomic E-state index is 6.20. The molecular formula is C15H18ClN3O. The Hall–Kier alpha value is -1.55. The number of hydrogen-bond acceptors (Lipinski definition) is 3. The minimum absolute atomic E-state index is 0.445. The number of ether oxygens (including phenoxy) is 1. The van der Waals surface area contributed by atoms with E-state index in [0.29, 0.717) is 11.6 Å². The summed E-state index contributed by atoms with van der Waals surface area (Å²) in [4.78, 5) is 0. The predicted molar refractivity (Wildman–Crippen MR) is 78.9 cm³/mol. The van der Waals surface area contributed by atoms with Gasteiger partial charge in [0, 0.05) is 12.1 Å². The van der Waals surface area contributed by atoms with E-state index in [1.54, 1.807) is 0 Å². The summed E-state index contributed by atoms with van der Waals surface area (Å²) < 4.78 is 7.68. The minimum Gasteiger partial charge on any atom is -0.485 e. The van der Waals surface area contributed by atoms with E-state index >= 15 is 0 Å². The summed E-state index contributed by atoms with van der Waals surface area (Å²) in [5.41, 5.74) is 2.96. The molecule has 0 fully saturated rings. The first-order valence-electron chi connectivity index (χ1n) is 7.15. The Morgan fingerprint density at radius 1 is 1.30 bits per heavy atom. The van der Waals surface area contributed by atoms with Gasteiger partial charge in [-0.05, 0) is 18.6 Å². The lowest BCUT2D eigenvalue weighted by Gasteiger charge is -2.19. The molecule has 106 valence electrons. The second-order valence-electron chi connectivity index (χ2n) is 5.07. The molecule has 0 unspecified atom stereocenters. The van der Waals surface area contributed by atoms with Gasteiger partial charge >= 0.3 is 0 Å². The molecule has 1 aromatic heterocycles. The van der Waals surface area contributed by atoms with Gasteiger partial charge in [-0.2, -0.15) is 0 Å². The van der Waals surface area contributed by atoms with Crippen LogP contribution >= 0.6 is 11.6 Å². The van der Waals surface area contributed by atoms with Crippen LogP contribution in [0.4, 0.5) is 0 Å². The molecule has 1 aliphatic rings. The quantitative estimate of drug-likeness (QED) is 0.780. The summed E-state index contributed by atoms with van der Waals surface area (Å²) >= 11 is 6.20. The fourth-order valence-corrected chi connectivity index (χ4v) is 2.80. The highest BCUT2D eigenvalue weighted by Crippen LogP contribution is 2.41. The van der Waals surface area contributed by atoms with Crippen LogP contribution in [0.2, 0.25) is 5.02 Å². The van der Waals surface area contributed by atoms with Crippen molar-refractivity contribution in [3.63, 3.8) is 0 Å². The Bertz CT molecular complexity index is 609. The minimum atomic E-state index is 0.445. The number of unbranched alkanes of at least 4 members (excludes halogenated alkanes) is 3. The van der Waals surface area contributed by atoms with E-state index in [-0.39, 0.29) is 0 Å². The number of fused-ring (bicyclic) bond motifs is 3. The van der Waals surface area contributed by atoms with Crippen LogP contribution in [-0.2, 0) is 13.2 Å². The van der Waals surface area contributed by atoms with Crippen molar-refractivity contribution in [3.05, 3.63) is 28.9 Å². The zero-order chi connectivity index (χ0) is 13.9. The summed E-state index contributed by atoms with van der Waals surface area (Å²) in [6.45, 7) is 3.56. The van der Waals surface area contributed by atoms with Gasteiger partial charge in [0.15, 0.2) is 0 Å². The summed E-state index contributed by atoms with van der Waals surface area (Å²) in [5.74, 6) is 0.749. The van der Waals surface area contributed by atoms with E-state index in [4.69, 9.17) is 16.3 Å². The molecule has 3 rings (SSSR count). The lowest BCUT2D eigenvalue weighted by Crippen LogP contribution is -2.09. The predicted octanol–water partition coefficient (Wildman–Crippen LogP) is 4.07. The third-order valence-electron chi connectivity index (χ3n) is 3.60. The Balaban J connectivity index is 1.89. The first kappa shape index (κ1) is 13.4. The molecule has 0 aliphatic carbocycles. The zero-order valence-corrected chi connectivity index (χ0v) is 12.4. The van der Waals surface area contributed by atoms with Crippen molar-refractivity contribution in [2.24, 2.45) is 0 Å². The second-order valence-corrected chi connectivity index (χ2v) is 5.48. The SMILES string of the molecule is CCCCCCn1nnc2c1-c1cccc(Cl)c1OC2. The molecule has 4 nitrogen and oxygen atoms in total. The van der Waals surface area contributed by atoms with Gasteiger partial charge in [-0.25, -0.2) is 4.68 Å². The molecule has 1 aliphatic heterocycles. The molecule has 0 radical (unpaired) electrons. The molecule has 0 spiro atoms. The lowest BCUT2D eigenvalue weighted by atomic mass is 10.1. The maximum Gasteiger partial charge on any atom is 0.147 e. The Morgan fingerprint density at radius 3 is 3.05 bits per heavy atom. The van der Waals surface area contributed by atoms with Crippen LogP contribution in [0.15, 0.2) is 18.2 Å². The number of aryl methyl sites for hydroxylation is 1. The van der Waals surface area contributed by atoms with E-state index in [1.165, 1.54) is 19.3 Å². The molecular weight excluding hydrogens is 274 g/mol. The van der Waals surface area contributed by atoms with Gasteiger partial charge in [-0.3, -0.25) is 0 Å². The molecule has 5 heteroatoms. The highest BCUT2D eigenvalue weighted by atomic mass is 35.5. The van der Waals surface area contributed by atoms with Gasteiger partial charge in [-0.15, -0.1) is 5.10 Å². The van der Waals surface area contributed by atoms with Crippen molar-refractivity contribution in [2.75, 3.05) is 0 Å². The van der Waals surface area contributed by atoms with Crippen molar-refractivity contribution in [2.45, 2.75) is 45.8 Å². The molecule has 2 heterocycles. The van der Waals surface area contributed by atoms with E-state index in [9.17, 15) is 0 Å². The van der Waals surface area contributed by atoms with Gasteiger partial charge in [0.1, 0.15) is 18.1 Å². The van der Waals surface area contributed by atoms with Gasteiger partial charge in [0.05, 0.1) is 10.7 Å². The van der Waals surface area contributed by atoms with E-state index in [2.05, 4.69) is 17.2 Å². The number of benzene rings is 1. The third-order valence-corrected chi connectivity index (χ3v) is 3.90. The summed E-state index contributed by atoms with van der Waals surface area (Å²) in [6, 6.07) is 5.81. The average molecular weight is 292 g/mol. The number of hydrogen-bond donors (Lipinski definition) is 0. The first-order valence-corrected chi connectivity index (χ1v) is 7.53. The fourth-order valence-electron chi connectivity index (χ4n) is 2.57. The summed E-state index contributed by atoms with van der Waals surface area (Å²) in [5, 5.41) is 9.14. The number of para-hydroxylation sites is 1. The standard InChI is InChI=1S/C15H18ClN3O/c1-2-3-4-5-9-19-14-11-7-6-8-12(16)15(11)20-10-13(14)17-18-19/h6-8H,2-5,9-10H2,1H3. The van der Waals surface area contributed by atoms with Crippen LogP contribution in [0.5, 0.6) is 5.75 Å². The van der Waals surface area contributed by atoms with Crippen LogP contribution in [0, 0.1) is 0 Å². The molecule has 0 atom stereocenters. The van der Waals surface area contributed by atoms with Crippen LogP contribution in [0.1, 0.15) is 38.3 Å². The molecule has 0 bridgehead atoms. The van der Waals surface area contributed by atoms with Crippen molar-refractivity contribution < 1.29 is 4.74 Å². The van der Waals surface area contributed by atoms with Gasteiger partial charge < -0.3 is 4.74 Å². The monoisotopic (exact) mass is 291 g/mol. The van der Waals surface area contributed by atoms with Gasteiger partial charge in [-0.1, -0.05) is 49.1 Å². The van der Waals surface area contributed by atoms with Crippen LogP contribution in [0.25, 0.3) is 11.3 Å². The zero-order valence-electron chi connectivity index (χ0n) is 11.6. The van der Waals surface area contributed by atoms with E-state index < -0.39 is 0 Å². The smallest absolute Gasteiger partial charge is 0.147 e. The average Bonchev–Trinajstić information content (AvgIpc) is 2.88. The molecule has 0 N–H and O–H groups in total. The molecule has 0 saturated carbocycles. The number of nitrogens with zero attached hydrogens (tertiary/aromatic N) is 3. The molecule has 20 heavy (non-hydrogen) atoms. The summed E-state index contributed by atoms with van der Waals surface area (Å²) in [7, 11) is 0. The lowest BCUT2D eigenvalue weighted by molar-refractivity contribution is 0.297. The Labute approximate surface area is 123 Å². The highest BCUT2D eigenvalue weighted by Gasteiger charge is 2.25. The number of aromatic nitrogens is 3. The first-order chi connectivity index (χ1) is 9.81. The van der Waals surface area contributed by atoms with Crippen molar-refractivity contribution in [3.8, 4) is 17.0 Å². The van der Waals surface area contributed by atoms with E-state index in [1.807, 2.05) is 22.9 Å². The topological polar surface area (TPSA) is 39.9 Å². The number of halogens is 1. The van der Waals surface area contributed by atoms with Crippen molar-refractivity contribution in [1.82, 2.24) is 15.0 Å². The Morgan fingerprint density at radius 2 is 2.20 bits per heavy atom. The highest BCUT2D eigenvalue weighted by molar-refractivity contribution is 6.32.